The van der Waals surface area contributed by atoms with Crippen LogP contribution in [0.1, 0.15) is 28.8 Å². The number of alkyl halides is 3. The summed E-state index contributed by atoms with van der Waals surface area (Å²) in [5.74, 6) is -1.06. The largest absolute Gasteiger partial charge is 0.417 e. The van der Waals surface area contributed by atoms with Crippen LogP contribution in [-0.2, 0) is 12.6 Å². The fourth-order valence-corrected chi connectivity index (χ4v) is 1.92. The first-order valence-corrected chi connectivity index (χ1v) is 6.45. The van der Waals surface area contributed by atoms with Crippen molar-refractivity contribution in [1.29, 1.82) is 0 Å². The molecule has 0 saturated heterocycles. The van der Waals surface area contributed by atoms with Crippen molar-refractivity contribution in [3.8, 4) is 0 Å². The number of aryl methyl sites for hydroxylation is 1. The van der Waals surface area contributed by atoms with Crippen molar-refractivity contribution in [3.05, 3.63) is 44.9 Å². The topological polar surface area (TPSA) is 90.6 Å². The molecule has 2 aromatic heterocycles. The highest BCUT2D eigenvalue weighted by Crippen LogP contribution is 2.29. The number of aromatic amines is 2. The van der Waals surface area contributed by atoms with Gasteiger partial charge in [0.15, 0.2) is 11.0 Å². The molecule has 0 aromatic carbocycles. The molecule has 118 valence electrons. The zero-order valence-electron chi connectivity index (χ0n) is 11.1. The summed E-state index contributed by atoms with van der Waals surface area (Å²) in [6.45, 7) is 1.78. The summed E-state index contributed by atoms with van der Waals surface area (Å²) in [5, 5.41) is 2.16. The lowest BCUT2D eigenvalue weighted by Crippen LogP contribution is -2.22. The van der Waals surface area contributed by atoms with Gasteiger partial charge in [0.05, 0.1) is 11.3 Å². The SMILES string of the molecule is CCc1[nH]c(C(=O)Nc2cc(C(F)(F)F)c[nH]c2=O)nc1Cl. The van der Waals surface area contributed by atoms with E-state index in [-0.39, 0.29) is 11.0 Å². The van der Waals surface area contributed by atoms with Gasteiger partial charge < -0.3 is 15.3 Å². The van der Waals surface area contributed by atoms with E-state index < -0.39 is 28.9 Å². The third-order valence-electron chi connectivity index (χ3n) is 2.78. The summed E-state index contributed by atoms with van der Waals surface area (Å²) in [5.41, 5.74) is -1.99. The molecule has 0 bridgehead atoms. The lowest BCUT2D eigenvalue weighted by Gasteiger charge is -2.08. The molecule has 2 aromatic rings. The number of rotatable bonds is 3. The van der Waals surface area contributed by atoms with Crippen molar-refractivity contribution in [2.45, 2.75) is 19.5 Å². The highest BCUT2D eigenvalue weighted by Gasteiger charge is 2.31. The number of carbonyl (C=O) groups excluding carboxylic acids is 1. The van der Waals surface area contributed by atoms with Crippen LogP contribution < -0.4 is 10.9 Å². The fourth-order valence-electron chi connectivity index (χ4n) is 1.65. The maximum absolute atomic E-state index is 12.6. The van der Waals surface area contributed by atoms with Gasteiger partial charge in [0.2, 0.25) is 0 Å². The second-order valence-electron chi connectivity index (χ2n) is 4.29. The Bertz CT molecular complexity index is 766. The van der Waals surface area contributed by atoms with Crippen LogP contribution in [0.4, 0.5) is 18.9 Å². The number of amides is 1. The Morgan fingerprint density at radius 1 is 1.45 bits per heavy atom. The Morgan fingerprint density at radius 2 is 2.14 bits per heavy atom. The van der Waals surface area contributed by atoms with Crippen LogP contribution in [0.15, 0.2) is 17.1 Å². The van der Waals surface area contributed by atoms with Gasteiger partial charge in [-0.2, -0.15) is 13.2 Å². The zero-order chi connectivity index (χ0) is 16.5. The molecular weight excluding hydrogens is 325 g/mol. The summed E-state index contributed by atoms with van der Waals surface area (Å²) in [7, 11) is 0. The van der Waals surface area contributed by atoms with Gasteiger partial charge in [-0.3, -0.25) is 9.59 Å². The van der Waals surface area contributed by atoms with Gasteiger partial charge in [0, 0.05) is 6.20 Å². The van der Waals surface area contributed by atoms with Gasteiger partial charge in [0.1, 0.15) is 5.69 Å². The van der Waals surface area contributed by atoms with Crippen molar-refractivity contribution in [2.24, 2.45) is 0 Å². The van der Waals surface area contributed by atoms with Crippen LogP contribution in [-0.4, -0.2) is 20.9 Å². The minimum absolute atomic E-state index is 0.0885. The number of hydrogen-bond acceptors (Lipinski definition) is 3. The van der Waals surface area contributed by atoms with Gasteiger partial charge in [-0.1, -0.05) is 18.5 Å². The molecule has 2 heterocycles. The van der Waals surface area contributed by atoms with Crippen molar-refractivity contribution >= 4 is 23.2 Å². The molecule has 0 fully saturated rings. The Morgan fingerprint density at radius 3 is 2.68 bits per heavy atom. The molecule has 0 atom stereocenters. The van der Waals surface area contributed by atoms with Crippen LogP contribution in [0.5, 0.6) is 0 Å². The Hall–Kier alpha value is -2.29. The highest BCUT2D eigenvalue weighted by molar-refractivity contribution is 6.30. The van der Waals surface area contributed by atoms with E-state index in [9.17, 15) is 22.8 Å². The standard InChI is InChI=1S/C12H10ClF3N4O2/c1-2-6-8(13)20-9(18-6)11(22)19-7-3-5(12(14,15)16)4-17-10(7)21/h3-4H,2H2,1H3,(H,17,21)(H,18,20)(H,19,22). The van der Waals surface area contributed by atoms with E-state index in [1.165, 1.54) is 0 Å². The number of anilines is 1. The number of H-pyrrole nitrogens is 2. The lowest BCUT2D eigenvalue weighted by atomic mass is 10.2. The van der Waals surface area contributed by atoms with Gasteiger partial charge >= 0.3 is 6.18 Å². The smallest absolute Gasteiger partial charge is 0.336 e. The summed E-state index contributed by atoms with van der Waals surface area (Å²) < 4.78 is 37.8. The number of pyridine rings is 1. The maximum atomic E-state index is 12.6. The molecule has 1 amide bonds. The summed E-state index contributed by atoms with van der Waals surface area (Å²) in [6.07, 6.45) is -3.63. The van der Waals surface area contributed by atoms with Crippen molar-refractivity contribution < 1.29 is 18.0 Å². The Labute approximate surface area is 126 Å². The van der Waals surface area contributed by atoms with Crippen LogP contribution in [0.2, 0.25) is 5.15 Å². The van der Waals surface area contributed by atoms with E-state index in [2.05, 4.69) is 15.3 Å². The quantitative estimate of drug-likeness (QED) is 0.805. The van der Waals surface area contributed by atoms with Crippen molar-refractivity contribution in [1.82, 2.24) is 15.0 Å². The number of nitrogens with one attached hydrogen (secondary N) is 3. The van der Waals surface area contributed by atoms with E-state index in [1.54, 1.807) is 6.92 Å². The number of nitrogens with zero attached hydrogens (tertiary/aromatic N) is 1. The van der Waals surface area contributed by atoms with Crippen LogP contribution in [0.25, 0.3) is 0 Å². The molecule has 0 spiro atoms. The Kier molecular flexibility index (Phi) is 4.27. The molecule has 0 radical (unpaired) electrons. The highest BCUT2D eigenvalue weighted by atomic mass is 35.5. The average molecular weight is 335 g/mol. The number of imidazole rings is 1. The normalized spacial score (nSPS) is 11.5. The third-order valence-corrected chi connectivity index (χ3v) is 3.09. The number of hydrogen-bond donors (Lipinski definition) is 3. The van der Waals surface area contributed by atoms with Crippen LogP contribution >= 0.6 is 11.6 Å². The minimum Gasteiger partial charge on any atom is -0.336 e. The second-order valence-corrected chi connectivity index (χ2v) is 4.65. The third kappa shape index (κ3) is 3.30. The first-order valence-electron chi connectivity index (χ1n) is 6.08. The average Bonchev–Trinajstić information content (AvgIpc) is 2.81. The van der Waals surface area contributed by atoms with Gasteiger partial charge in [-0.15, -0.1) is 0 Å². The molecule has 10 heteroatoms. The van der Waals surface area contributed by atoms with Crippen molar-refractivity contribution in [2.75, 3.05) is 5.32 Å². The fraction of sp³-hybridized carbons (Fsp3) is 0.250. The number of carbonyl (C=O) groups is 1. The number of aromatic nitrogens is 3. The van der Waals surface area contributed by atoms with E-state index in [1.807, 2.05) is 4.98 Å². The summed E-state index contributed by atoms with van der Waals surface area (Å²) >= 11 is 5.77. The molecule has 3 N–H and O–H groups in total. The molecule has 0 unspecified atom stereocenters. The molecular formula is C12H10ClF3N4O2. The van der Waals surface area contributed by atoms with Crippen LogP contribution in [0, 0.1) is 0 Å². The molecule has 22 heavy (non-hydrogen) atoms. The molecule has 2 rings (SSSR count). The molecule has 0 aliphatic rings. The van der Waals surface area contributed by atoms with Gasteiger partial charge in [0.25, 0.3) is 11.5 Å². The molecule has 0 aliphatic carbocycles. The monoisotopic (exact) mass is 334 g/mol. The van der Waals surface area contributed by atoms with Gasteiger partial charge in [-0.25, -0.2) is 4.98 Å². The first-order chi connectivity index (χ1) is 10.2. The Balaban J connectivity index is 2.29. The molecule has 0 saturated carbocycles. The summed E-state index contributed by atoms with van der Waals surface area (Å²) in [6, 6.07) is 0.544. The zero-order valence-corrected chi connectivity index (χ0v) is 11.9. The van der Waals surface area contributed by atoms with E-state index in [4.69, 9.17) is 11.6 Å². The maximum Gasteiger partial charge on any atom is 0.417 e. The lowest BCUT2D eigenvalue weighted by molar-refractivity contribution is -0.137. The van der Waals surface area contributed by atoms with E-state index in [0.29, 0.717) is 24.4 Å². The number of halogens is 4. The first kappa shape index (κ1) is 16.1. The van der Waals surface area contributed by atoms with Crippen LogP contribution in [0.3, 0.4) is 0 Å². The second kappa shape index (κ2) is 5.84. The van der Waals surface area contributed by atoms with Crippen molar-refractivity contribution in [3.63, 3.8) is 0 Å². The molecule has 6 nitrogen and oxygen atoms in total. The minimum atomic E-state index is -4.65. The van der Waals surface area contributed by atoms with E-state index >= 15 is 0 Å². The molecule has 0 aliphatic heterocycles. The van der Waals surface area contributed by atoms with E-state index in [0.717, 1.165) is 0 Å². The predicted molar refractivity (Wildman–Crippen MR) is 73.0 cm³/mol. The van der Waals surface area contributed by atoms with Gasteiger partial charge in [-0.05, 0) is 12.5 Å². The predicted octanol–water partition coefficient (Wildman–Crippen LogP) is 2.58. The summed E-state index contributed by atoms with van der Waals surface area (Å²) in [4.78, 5) is 31.7.